The standard InChI is InChI=1S/C25H29N2/c1-24(2)18-12-7-9-14-20(18)26(5)22(24)16-11-17-23-25(3,4)19-13-8-10-15-21(19)27(23)6/h7-17H,1-6H3/q+1. The van der Waals surface area contributed by atoms with E-state index in [1.807, 2.05) is 0 Å². The van der Waals surface area contributed by atoms with Gasteiger partial charge in [0, 0.05) is 41.6 Å². The Morgan fingerprint density at radius 3 is 2.15 bits per heavy atom. The maximum absolute atomic E-state index is 2.32. The Kier molecular flexibility index (Phi) is 3.92. The summed E-state index contributed by atoms with van der Waals surface area (Å²) in [4.78, 5) is 2.32. The topological polar surface area (TPSA) is 6.25 Å². The summed E-state index contributed by atoms with van der Waals surface area (Å²) in [6.07, 6.45) is 6.78. The highest BCUT2D eigenvalue weighted by molar-refractivity contribution is 6.03. The molecule has 0 aliphatic carbocycles. The number of rotatable bonds is 2. The Hall–Kier alpha value is -2.61. The summed E-state index contributed by atoms with van der Waals surface area (Å²) in [6.45, 7) is 9.24. The van der Waals surface area contributed by atoms with Crippen molar-refractivity contribution in [3.05, 3.63) is 83.6 Å². The quantitative estimate of drug-likeness (QED) is 0.638. The summed E-state index contributed by atoms with van der Waals surface area (Å²) in [6, 6.07) is 17.4. The van der Waals surface area contributed by atoms with Gasteiger partial charge in [0.25, 0.3) is 0 Å². The molecule has 0 aromatic heterocycles. The number of fused-ring (bicyclic) bond motifs is 2. The predicted molar refractivity (Wildman–Crippen MR) is 115 cm³/mol. The van der Waals surface area contributed by atoms with Crippen LogP contribution in [0.4, 0.5) is 11.4 Å². The Balaban J connectivity index is 1.70. The molecule has 27 heavy (non-hydrogen) atoms. The number of para-hydroxylation sites is 2. The van der Waals surface area contributed by atoms with Crippen molar-refractivity contribution in [1.82, 2.24) is 0 Å². The van der Waals surface area contributed by atoms with E-state index in [0.717, 1.165) is 0 Å². The van der Waals surface area contributed by atoms with Gasteiger partial charge in [0.1, 0.15) is 7.05 Å². The number of benzene rings is 2. The largest absolute Gasteiger partial charge is 0.347 e. The number of hydrogen-bond acceptors (Lipinski definition) is 1. The van der Waals surface area contributed by atoms with Gasteiger partial charge in [0.15, 0.2) is 5.71 Å². The lowest BCUT2D eigenvalue weighted by molar-refractivity contribution is -0.401. The van der Waals surface area contributed by atoms with Crippen LogP contribution in [0.3, 0.4) is 0 Å². The van der Waals surface area contributed by atoms with E-state index >= 15 is 0 Å². The van der Waals surface area contributed by atoms with Crippen molar-refractivity contribution < 1.29 is 4.58 Å². The molecule has 0 amide bonds. The van der Waals surface area contributed by atoms with Crippen molar-refractivity contribution in [1.29, 1.82) is 0 Å². The number of likely N-dealkylation sites (N-methyl/N-ethyl adjacent to an activating group) is 1. The van der Waals surface area contributed by atoms with Crippen LogP contribution >= 0.6 is 0 Å². The first-order valence-corrected chi connectivity index (χ1v) is 9.69. The third-order valence-corrected chi connectivity index (χ3v) is 6.39. The van der Waals surface area contributed by atoms with E-state index in [0.29, 0.717) is 0 Å². The highest BCUT2D eigenvalue weighted by Gasteiger charge is 2.42. The molecule has 0 spiro atoms. The smallest absolute Gasteiger partial charge is 0.209 e. The predicted octanol–water partition coefficient (Wildman–Crippen LogP) is 5.56. The summed E-state index contributed by atoms with van der Waals surface area (Å²) in [5.74, 6) is 0. The summed E-state index contributed by atoms with van der Waals surface area (Å²) in [7, 11) is 4.34. The molecule has 2 aromatic carbocycles. The minimum atomic E-state index is 0.0143. The van der Waals surface area contributed by atoms with Crippen LogP contribution in [0.2, 0.25) is 0 Å². The third kappa shape index (κ3) is 2.50. The Bertz CT molecular complexity index is 1000. The SMILES string of the molecule is CN1/C(=C/C=C/C2=[N+](C)c3ccccc3C2(C)C)C(C)(C)c2ccccc21. The van der Waals surface area contributed by atoms with Crippen molar-refractivity contribution in [3.63, 3.8) is 0 Å². The second kappa shape index (κ2) is 5.95. The third-order valence-electron chi connectivity index (χ3n) is 6.39. The van der Waals surface area contributed by atoms with E-state index in [-0.39, 0.29) is 10.8 Å². The fourth-order valence-corrected chi connectivity index (χ4v) is 4.83. The molecule has 2 aliphatic heterocycles. The van der Waals surface area contributed by atoms with Crippen LogP contribution in [0.1, 0.15) is 38.8 Å². The average molecular weight is 358 g/mol. The maximum Gasteiger partial charge on any atom is 0.209 e. The first-order chi connectivity index (χ1) is 12.8. The normalized spacial score (nSPS) is 21.3. The van der Waals surface area contributed by atoms with Gasteiger partial charge in [0.05, 0.1) is 5.41 Å². The number of anilines is 1. The zero-order valence-electron chi connectivity index (χ0n) is 17.2. The number of hydrogen-bond donors (Lipinski definition) is 0. The lowest BCUT2D eigenvalue weighted by Gasteiger charge is -2.23. The number of allylic oxidation sites excluding steroid dienone is 4. The molecule has 2 nitrogen and oxygen atoms in total. The van der Waals surface area contributed by atoms with Crippen LogP contribution in [0, 0.1) is 0 Å². The van der Waals surface area contributed by atoms with E-state index in [2.05, 4.69) is 118 Å². The highest BCUT2D eigenvalue weighted by Crippen LogP contribution is 2.46. The Morgan fingerprint density at radius 1 is 0.852 bits per heavy atom. The molecule has 0 atom stereocenters. The summed E-state index contributed by atoms with van der Waals surface area (Å²) in [5, 5.41) is 0. The van der Waals surface area contributed by atoms with Crippen LogP contribution in [0.15, 0.2) is 72.5 Å². The van der Waals surface area contributed by atoms with Crippen molar-refractivity contribution in [3.8, 4) is 0 Å². The molecule has 0 fully saturated rings. The van der Waals surface area contributed by atoms with Crippen molar-refractivity contribution in [2.75, 3.05) is 19.0 Å². The van der Waals surface area contributed by atoms with Gasteiger partial charge in [-0.25, -0.2) is 0 Å². The molecule has 0 saturated heterocycles. The molecule has 0 radical (unpaired) electrons. The lowest BCUT2D eigenvalue weighted by atomic mass is 9.81. The molecule has 2 aliphatic rings. The zero-order valence-corrected chi connectivity index (χ0v) is 17.2. The molecule has 4 rings (SSSR count). The van der Waals surface area contributed by atoms with E-state index in [1.54, 1.807) is 0 Å². The molecule has 0 saturated carbocycles. The summed E-state index contributed by atoms with van der Waals surface area (Å²) >= 11 is 0. The minimum Gasteiger partial charge on any atom is -0.347 e. The maximum atomic E-state index is 2.32. The van der Waals surface area contributed by atoms with Crippen molar-refractivity contribution in [2.24, 2.45) is 0 Å². The fraction of sp³-hybridized carbons (Fsp3) is 0.320. The van der Waals surface area contributed by atoms with Crippen LogP contribution in [-0.4, -0.2) is 24.4 Å². The molecule has 0 N–H and O–H groups in total. The van der Waals surface area contributed by atoms with Crippen molar-refractivity contribution >= 4 is 17.1 Å². The van der Waals surface area contributed by atoms with E-state index < -0.39 is 0 Å². The molecule has 2 aromatic rings. The van der Waals surface area contributed by atoms with Gasteiger partial charge < -0.3 is 4.90 Å². The van der Waals surface area contributed by atoms with E-state index in [9.17, 15) is 0 Å². The van der Waals surface area contributed by atoms with Crippen LogP contribution in [0.5, 0.6) is 0 Å². The molecule has 2 heterocycles. The Morgan fingerprint density at radius 2 is 1.48 bits per heavy atom. The highest BCUT2D eigenvalue weighted by atomic mass is 15.2. The van der Waals surface area contributed by atoms with E-state index in [1.165, 1.54) is 33.9 Å². The molecular formula is C25H29N2+. The monoisotopic (exact) mass is 357 g/mol. The van der Waals surface area contributed by atoms with Crippen LogP contribution in [0.25, 0.3) is 0 Å². The van der Waals surface area contributed by atoms with Crippen molar-refractivity contribution in [2.45, 2.75) is 38.5 Å². The van der Waals surface area contributed by atoms with Crippen LogP contribution < -0.4 is 4.90 Å². The zero-order chi connectivity index (χ0) is 19.4. The molecular weight excluding hydrogens is 328 g/mol. The molecule has 0 unspecified atom stereocenters. The van der Waals surface area contributed by atoms with Gasteiger partial charge in [-0.1, -0.05) is 56.3 Å². The minimum absolute atomic E-state index is 0.0143. The fourth-order valence-electron chi connectivity index (χ4n) is 4.83. The lowest BCUT2D eigenvalue weighted by Crippen LogP contribution is -2.26. The number of nitrogens with zero attached hydrogens (tertiary/aromatic N) is 2. The van der Waals surface area contributed by atoms with Gasteiger partial charge in [-0.05, 0) is 31.6 Å². The summed E-state index contributed by atoms with van der Waals surface area (Å²) in [5.41, 5.74) is 8.09. The van der Waals surface area contributed by atoms with Gasteiger partial charge in [-0.3, -0.25) is 0 Å². The van der Waals surface area contributed by atoms with Gasteiger partial charge >= 0.3 is 0 Å². The average Bonchev–Trinajstić information content (AvgIpc) is 2.96. The first-order valence-electron chi connectivity index (χ1n) is 9.69. The first kappa shape index (κ1) is 17.8. The Labute approximate surface area is 163 Å². The summed E-state index contributed by atoms with van der Waals surface area (Å²) < 4.78 is 2.32. The van der Waals surface area contributed by atoms with Gasteiger partial charge in [0.2, 0.25) is 5.69 Å². The van der Waals surface area contributed by atoms with Gasteiger partial charge in [-0.15, -0.1) is 0 Å². The second-order valence-electron chi connectivity index (χ2n) is 8.70. The molecule has 138 valence electrons. The molecule has 2 heteroatoms. The molecule has 0 bridgehead atoms. The van der Waals surface area contributed by atoms with Gasteiger partial charge in [-0.2, -0.15) is 4.58 Å². The second-order valence-corrected chi connectivity index (χ2v) is 8.70. The van der Waals surface area contributed by atoms with E-state index in [4.69, 9.17) is 0 Å². The van der Waals surface area contributed by atoms with Crippen LogP contribution in [-0.2, 0) is 10.8 Å².